The Morgan fingerprint density at radius 3 is 2.66 bits per heavy atom. The summed E-state index contributed by atoms with van der Waals surface area (Å²) in [5.74, 6) is 0.430. The molecule has 2 aromatic heterocycles. The zero-order valence-corrected chi connectivity index (χ0v) is 21.8. The Hall–Kier alpha value is -2.92. The molecule has 38 heavy (non-hydrogen) atoms. The van der Waals surface area contributed by atoms with Crippen molar-refractivity contribution in [1.29, 1.82) is 0 Å². The minimum atomic E-state index is -0.637. The fourth-order valence-electron chi connectivity index (χ4n) is 5.61. The molecular formula is C27H31ClN4O6. The van der Waals surface area contributed by atoms with Crippen molar-refractivity contribution in [2.24, 2.45) is 0 Å². The molecule has 1 amide bonds. The lowest BCUT2D eigenvalue weighted by Crippen LogP contribution is -2.34. The maximum atomic E-state index is 11.7. The number of alkyl carbamates (subject to hydrolysis) is 1. The lowest BCUT2D eigenvalue weighted by atomic mass is 9.82. The number of halogens is 1. The number of imidazole rings is 1. The van der Waals surface area contributed by atoms with Gasteiger partial charge in [-0.1, -0.05) is 35.9 Å². The second-order valence-electron chi connectivity index (χ2n) is 10.1. The van der Waals surface area contributed by atoms with Gasteiger partial charge in [0.2, 0.25) is 0 Å². The predicted molar refractivity (Wildman–Crippen MR) is 139 cm³/mol. The van der Waals surface area contributed by atoms with E-state index in [-0.39, 0.29) is 37.1 Å². The molecule has 202 valence electrons. The third kappa shape index (κ3) is 5.05. The number of rotatable bonds is 6. The number of carbonyl (C=O) groups excluding carboxylic acids is 1. The number of nitrogens with zero attached hydrogens (tertiary/aromatic N) is 2. The number of amides is 1. The first-order chi connectivity index (χ1) is 18.5. The van der Waals surface area contributed by atoms with Gasteiger partial charge in [-0.2, -0.15) is 4.98 Å². The number of fused-ring (bicyclic) bond motifs is 2. The van der Waals surface area contributed by atoms with Crippen molar-refractivity contribution in [2.75, 3.05) is 19.8 Å². The van der Waals surface area contributed by atoms with E-state index in [9.17, 15) is 9.90 Å². The van der Waals surface area contributed by atoms with E-state index in [1.54, 1.807) is 6.07 Å². The summed E-state index contributed by atoms with van der Waals surface area (Å²) in [5.41, 5.74) is 3.97. The molecule has 4 atom stereocenters. The third-order valence-corrected chi connectivity index (χ3v) is 7.86. The fraction of sp³-hybridized carbons (Fsp3) is 0.519. The van der Waals surface area contributed by atoms with Gasteiger partial charge >= 0.3 is 6.09 Å². The van der Waals surface area contributed by atoms with Crippen molar-refractivity contribution in [2.45, 2.75) is 69.0 Å². The van der Waals surface area contributed by atoms with Crippen LogP contribution in [0.2, 0.25) is 5.02 Å². The summed E-state index contributed by atoms with van der Waals surface area (Å²) in [6.07, 6.45) is 1.61. The molecular weight excluding hydrogens is 512 g/mol. The van der Waals surface area contributed by atoms with E-state index in [1.807, 2.05) is 19.1 Å². The van der Waals surface area contributed by atoms with E-state index >= 15 is 0 Å². The molecule has 2 unspecified atom stereocenters. The standard InChI is InChI=1S/C27H31ClN4O6/c1-2-29-27(34)37-17-9-7-15(8-10-17)14-3-5-16(6-4-14)22-18(28)11-19-25(31-22)32-26(30-19)38-21-13-36-23-20(33)12-35-24(21)23/h3-6,11,15,17,20-21,23-24,33H,2,7-10,12-13H2,1H3,(H,29,34)(H,30,31,32)/t15?,17?,20-,21-,23?,24?/m1/s1. The lowest BCUT2D eigenvalue weighted by Gasteiger charge is -2.28. The Kier molecular flexibility index (Phi) is 7.13. The molecule has 4 heterocycles. The quantitative estimate of drug-likeness (QED) is 0.427. The summed E-state index contributed by atoms with van der Waals surface area (Å²) in [4.78, 5) is 24.0. The van der Waals surface area contributed by atoms with Gasteiger partial charge in [-0.05, 0) is 50.2 Å². The summed E-state index contributed by atoms with van der Waals surface area (Å²) in [6, 6.07) is 10.4. The topological polar surface area (TPSA) is 128 Å². The van der Waals surface area contributed by atoms with Gasteiger partial charge in [0, 0.05) is 12.1 Å². The van der Waals surface area contributed by atoms with Gasteiger partial charge in [-0.3, -0.25) is 0 Å². The first-order valence-corrected chi connectivity index (χ1v) is 13.5. The van der Waals surface area contributed by atoms with E-state index < -0.39 is 6.10 Å². The molecule has 2 aliphatic heterocycles. The summed E-state index contributed by atoms with van der Waals surface area (Å²) in [5, 5.41) is 13.1. The minimum absolute atomic E-state index is 0.0190. The molecule has 10 nitrogen and oxygen atoms in total. The number of aromatic nitrogens is 3. The van der Waals surface area contributed by atoms with Crippen LogP contribution in [0.3, 0.4) is 0 Å². The third-order valence-electron chi connectivity index (χ3n) is 7.57. The van der Waals surface area contributed by atoms with Gasteiger partial charge in [-0.15, -0.1) is 0 Å². The van der Waals surface area contributed by atoms with Crippen LogP contribution < -0.4 is 10.1 Å². The molecule has 0 radical (unpaired) electrons. The van der Waals surface area contributed by atoms with Crippen LogP contribution >= 0.6 is 11.6 Å². The number of nitrogens with one attached hydrogen (secondary N) is 2. The maximum Gasteiger partial charge on any atom is 0.407 e. The Balaban J connectivity index is 1.12. The van der Waals surface area contributed by atoms with Crippen LogP contribution in [0.5, 0.6) is 6.01 Å². The van der Waals surface area contributed by atoms with Gasteiger partial charge in [0.05, 0.1) is 29.4 Å². The predicted octanol–water partition coefficient (Wildman–Crippen LogP) is 3.96. The summed E-state index contributed by atoms with van der Waals surface area (Å²) in [7, 11) is 0. The molecule has 1 saturated carbocycles. The van der Waals surface area contributed by atoms with Crippen molar-refractivity contribution in [3.05, 3.63) is 40.9 Å². The highest BCUT2D eigenvalue weighted by atomic mass is 35.5. The highest BCUT2D eigenvalue weighted by Crippen LogP contribution is 2.36. The second-order valence-corrected chi connectivity index (χ2v) is 10.5. The van der Waals surface area contributed by atoms with Crippen LogP contribution in [0.15, 0.2) is 30.3 Å². The average molecular weight is 543 g/mol. The van der Waals surface area contributed by atoms with Gasteiger partial charge in [-0.25, -0.2) is 9.78 Å². The second kappa shape index (κ2) is 10.7. The van der Waals surface area contributed by atoms with Gasteiger partial charge in [0.15, 0.2) is 11.8 Å². The monoisotopic (exact) mass is 542 g/mol. The number of hydrogen-bond donors (Lipinski definition) is 3. The number of hydrogen-bond acceptors (Lipinski definition) is 8. The number of carbonyl (C=O) groups is 1. The van der Waals surface area contributed by atoms with E-state index in [1.165, 1.54) is 5.56 Å². The molecule has 1 aliphatic carbocycles. The van der Waals surface area contributed by atoms with Crippen molar-refractivity contribution >= 4 is 28.9 Å². The molecule has 3 N–H and O–H groups in total. The molecule has 3 aromatic rings. The highest BCUT2D eigenvalue weighted by molar-refractivity contribution is 6.33. The molecule has 1 aromatic carbocycles. The summed E-state index contributed by atoms with van der Waals surface area (Å²) >= 11 is 6.61. The largest absolute Gasteiger partial charge is 0.456 e. The van der Waals surface area contributed by atoms with E-state index in [0.29, 0.717) is 47.0 Å². The van der Waals surface area contributed by atoms with Gasteiger partial charge < -0.3 is 34.4 Å². The highest BCUT2D eigenvalue weighted by Gasteiger charge is 2.48. The van der Waals surface area contributed by atoms with Crippen molar-refractivity contribution in [3.63, 3.8) is 0 Å². The number of pyridine rings is 1. The number of aliphatic hydroxyl groups is 1. The number of ether oxygens (including phenoxy) is 4. The average Bonchev–Trinajstić information content (AvgIpc) is 3.61. The molecule has 3 fully saturated rings. The smallest absolute Gasteiger partial charge is 0.407 e. The van der Waals surface area contributed by atoms with Crippen LogP contribution in [0.25, 0.3) is 22.4 Å². The number of benzene rings is 1. The summed E-state index contributed by atoms with van der Waals surface area (Å²) < 4.78 is 22.7. The van der Waals surface area contributed by atoms with Gasteiger partial charge in [0.1, 0.15) is 24.4 Å². The van der Waals surface area contributed by atoms with E-state index in [2.05, 4.69) is 27.4 Å². The Bertz CT molecular complexity index is 1290. The Morgan fingerprint density at radius 1 is 1.13 bits per heavy atom. The zero-order valence-electron chi connectivity index (χ0n) is 21.1. The first-order valence-electron chi connectivity index (χ1n) is 13.2. The van der Waals surface area contributed by atoms with Crippen LogP contribution in [-0.4, -0.2) is 76.4 Å². The SMILES string of the molecule is CCNC(=O)OC1CCC(c2ccc(-c3nc4nc(O[C@@H]5COC6C5OC[C@H]6O)[nH]c4cc3Cl)cc2)CC1. The van der Waals surface area contributed by atoms with Gasteiger partial charge in [0.25, 0.3) is 6.01 Å². The van der Waals surface area contributed by atoms with E-state index in [4.69, 9.17) is 35.5 Å². The van der Waals surface area contributed by atoms with Crippen molar-refractivity contribution in [1.82, 2.24) is 20.3 Å². The maximum absolute atomic E-state index is 11.7. The molecule has 0 bridgehead atoms. The van der Waals surface area contributed by atoms with Crippen LogP contribution in [0.1, 0.15) is 44.1 Å². The number of H-pyrrole nitrogens is 1. The zero-order chi connectivity index (χ0) is 26.2. The molecule has 2 saturated heterocycles. The van der Waals surface area contributed by atoms with Crippen molar-refractivity contribution in [3.8, 4) is 17.3 Å². The van der Waals surface area contributed by atoms with Crippen LogP contribution in [-0.2, 0) is 14.2 Å². The lowest BCUT2D eigenvalue weighted by molar-refractivity contribution is 0.00706. The van der Waals surface area contributed by atoms with Crippen molar-refractivity contribution < 1.29 is 28.8 Å². The Labute approximate surface area is 225 Å². The molecule has 6 rings (SSSR count). The molecule has 0 spiro atoms. The fourth-order valence-corrected chi connectivity index (χ4v) is 5.87. The number of aromatic amines is 1. The normalized spacial score (nSPS) is 28.8. The van der Waals surface area contributed by atoms with Crippen LogP contribution in [0.4, 0.5) is 4.79 Å². The number of aliphatic hydroxyl groups excluding tert-OH is 1. The van der Waals surface area contributed by atoms with Crippen LogP contribution in [0, 0.1) is 0 Å². The summed E-state index contributed by atoms with van der Waals surface area (Å²) in [6.45, 7) is 3.00. The molecule has 3 aliphatic rings. The molecule has 11 heteroatoms. The first kappa shape index (κ1) is 25.4. The van der Waals surface area contributed by atoms with E-state index in [0.717, 1.165) is 31.2 Å². The Morgan fingerprint density at radius 2 is 1.89 bits per heavy atom. The minimum Gasteiger partial charge on any atom is -0.456 e.